The number of ether oxygens (including phenoxy) is 1. The summed E-state index contributed by atoms with van der Waals surface area (Å²) in [5.41, 5.74) is 0.0114. The average Bonchev–Trinajstić information content (AvgIpc) is 1.98. The Hall–Kier alpha value is -0.800. The quantitative estimate of drug-likeness (QED) is 0.412. The maximum Gasteiger partial charge on any atom is 0.339 e. The van der Waals surface area contributed by atoms with Crippen molar-refractivity contribution in [1.82, 2.24) is 0 Å². The topological polar surface area (TPSA) is 46.5 Å². The fraction of sp³-hybridized carbons (Fsp3) is 0.375. The van der Waals surface area contributed by atoms with Crippen LogP contribution in [0.25, 0.3) is 0 Å². The highest BCUT2D eigenvalue weighted by Gasteiger charge is 2.10. The van der Waals surface area contributed by atoms with Gasteiger partial charge in [-0.25, -0.2) is 4.79 Å². The van der Waals surface area contributed by atoms with Gasteiger partial charge in [0.1, 0.15) is 6.61 Å². The number of carbonyl (C=O) groups excluding carboxylic acids is 1. The molecule has 4 heteroatoms. The predicted octanol–water partition coefficient (Wildman–Crippen LogP) is 1.22. The van der Waals surface area contributed by atoms with Crippen molar-refractivity contribution < 1.29 is 14.6 Å². The molecule has 0 fully saturated rings. The zero-order valence-electron chi connectivity index (χ0n) is 6.84. The minimum Gasteiger partial charge on any atom is -0.459 e. The fourth-order valence-electron chi connectivity index (χ4n) is 0.394. The molecule has 3 nitrogen and oxygen atoms in total. The largest absolute Gasteiger partial charge is 0.459 e. The highest BCUT2D eigenvalue weighted by Crippen LogP contribution is 2.10. The molecule has 0 aromatic rings. The van der Waals surface area contributed by atoms with Gasteiger partial charge in [-0.2, -0.15) is 0 Å². The molecule has 0 amide bonds. The van der Waals surface area contributed by atoms with E-state index in [0.717, 1.165) is 0 Å². The third kappa shape index (κ3) is 4.16. The number of esters is 1. The molecule has 0 heterocycles. The fourth-order valence-corrected chi connectivity index (χ4v) is 0.471. The van der Waals surface area contributed by atoms with E-state index in [1.54, 1.807) is 0 Å². The van der Waals surface area contributed by atoms with E-state index in [9.17, 15) is 4.79 Å². The van der Waals surface area contributed by atoms with Crippen LogP contribution in [0, 0.1) is 0 Å². The second kappa shape index (κ2) is 4.95. The summed E-state index contributed by atoms with van der Waals surface area (Å²) in [5, 5.41) is 8.81. The lowest BCUT2D eigenvalue weighted by Gasteiger charge is -2.06. The molecule has 0 spiro atoms. The molecule has 0 aliphatic carbocycles. The van der Waals surface area contributed by atoms with Crippen LogP contribution < -0.4 is 0 Å². The molecule has 0 radical (unpaired) electrons. The Balaban J connectivity index is 3.89. The molecular formula is C8H11ClO3. The Morgan fingerprint density at radius 1 is 1.67 bits per heavy atom. The van der Waals surface area contributed by atoms with Crippen LogP contribution in [0.4, 0.5) is 0 Å². The normalized spacial score (nSPS) is 11.9. The minimum atomic E-state index is -0.689. The van der Waals surface area contributed by atoms with Gasteiger partial charge in [0.15, 0.2) is 0 Å². The van der Waals surface area contributed by atoms with E-state index in [1.165, 1.54) is 6.92 Å². The number of rotatable bonds is 4. The van der Waals surface area contributed by atoms with Crippen molar-refractivity contribution in [3.63, 3.8) is 0 Å². The zero-order valence-corrected chi connectivity index (χ0v) is 7.60. The van der Waals surface area contributed by atoms with Crippen LogP contribution in [0.1, 0.15) is 6.92 Å². The molecule has 0 bridgehead atoms. The summed E-state index contributed by atoms with van der Waals surface area (Å²) in [6.45, 7) is 8.09. The molecule has 1 unspecified atom stereocenters. The van der Waals surface area contributed by atoms with E-state index in [0.29, 0.717) is 0 Å². The molecule has 68 valence electrons. The van der Waals surface area contributed by atoms with Gasteiger partial charge in [0.2, 0.25) is 0 Å². The molecule has 0 saturated heterocycles. The Labute approximate surface area is 76.3 Å². The first-order valence-corrected chi connectivity index (χ1v) is 3.71. The van der Waals surface area contributed by atoms with Crippen molar-refractivity contribution in [2.24, 2.45) is 0 Å². The van der Waals surface area contributed by atoms with Crippen LogP contribution in [0.5, 0.6) is 0 Å². The second-order valence-corrected chi connectivity index (χ2v) is 2.79. The number of aliphatic hydroxyl groups is 1. The van der Waals surface area contributed by atoms with Gasteiger partial charge in [-0.15, -0.1) is 0 Å². The monoisotopic (exact) mass is 190 g/mol. The van der Waals surface area contributed by atoms with Gasteiger partial charge in [-0.3, -0.25) is 0 Å². The van der Waals surface area contributed by atoms with Crippen molar-refractivity contribution in [2.45, 2.75) is 13.0 Å². The summed E-state index contributed by atoms with van der Waals surface area (Å²) in [5.74, 6) is -0.657. The summed E-state index contributed by atoms with van der Waals surface area (Å²) in [7, 11) is 0. The van der Waals surface area contributed by atoms with Crippen LogP contribution in [0.3, 0.4) is 0 Å². The minimum absolute atomic E-state index is 0.0114. The smallest absolute Gasteiger partial charge is 0.339 e. The van der Waals surface area contributed by atoms with Crippen LogP contribution in [-0.4, -0.2) is 23.8 Å². The van der Waals surface area contributed by atoms with Gasteiger partial charge >= 0.3 is 5.97 Å². The van der Waals surface area contributed by atoms with Gasteiger partial charge in [0, 0.05) is 5.03 Å². The molecule has 12 heavy (non-hydrogen) atoms. The van der Waals surface area contributed by atoms with E-state index in [4.69, 9.17) is 16.7 Å². The van der Waals surface area contributed by atoms with Crippen LogP contribution >= 0.6 is 11.6 Å². The zero-order chi connectivity index (χ0) is 9.72. The first kappa shape index (κ1) is 11.2. The predicted molar refractivity (Wildman–Crippen MR) is 46.8 cm³/mol. The lowest BCUT2D eigenvalue weighted by Crippen LogP contribution is -2.16. The molecule has 0 rings (SSSR count). The number of aliphatic hydroxyl groups excluding tert-OH is 1. The summed E-state index contributed by atoms with van der Waals surface area (Å²) in [4.78, 5) is 10.9. The van der Waals surface area contributed by atoms with Crippen LogP contribution in [0.15, 0.2) is 23.8 Å². The van der Waals surface area contributed by atoms with Gasteiger partial charge in [0.25, 0.3) is 0 Å². The lowest BCUT2D eigenvalue weighted by molar-refractivity contribution is -0.141. The van der Waals surface area contributed by atoms with Gasteiger partial charge in [0.05, 0.1) is 11.7 Å². The Bertz CT molecular complexity index is 208. The average molecular weight is 191 g/mol. The summed E-state index contributed by atoms with van der Waals surface area (Å²) in [6, 6.07) is 0. The first-order valence-electron chi connectivity index (χ1n) is 3.34. The molecule has 0 aromatic heterocycles. The van der Waals surface area contributed by atoms with E-state index in [-0.39, 0.29) is 17.2 Å². The van der Waals surface area contributed by atoms with Gasteiger partial charge < -0.3 is 9.84 Å². The van der Waals surface area contributed by atoms with Crippen molar-refractivity contribution in [3.05, 3.63) is 23.8 Å². The molecule has 1 N–H and O–H groups in total. The first-order chi connectivity index (χ1) is 5.45. The van der Waals surface area contributed by atoms with Crippen molar-refractivity contribution in [3.8, 4) is 0 Å². The molecule has 1 atom stereocenters. The highest BCUT2D eigenvalue weighted by molar-refractivity contribution is 6.34. The summed E-state index contributed by atoms with van der Waals surface area (Å²) in [6.07, 6.45) is -0.689. The van der Waals surface area contributed by atoms with Crippen LogP contribution in [-0.2, 0) is 9.53 Å². The van der Waals surface area contributed by atoms with Crippen molar-refractivity contribution >= 4 is 17.6 Å². The number of hydrogen-bond donors (Lipinski definition) is 1. The van der Waals surface area contributed by atoms with Gasteiger partial charge in [-0.1, -0.05) is 24.8 Å². The Morgan fingerprint density at radius 3 is 2.50 bits per heavy atom. The number of hydrogen-bond acceptors (Lipinski definition) is 3. The third-order valence-corrected chi connectivity index (χ3v) is 1.26. The highest BCUT2D eigenvalue weighted by atomic mass is 35.5. The van der Waals surface area contributed by atoms with Crippen molar-refractivity contribution in [1.29, 1.82) is 0 Å². The summed E-state index contributed by atoms with van der Waals surface area (Å²) >= 11 is 5.38. The maximum atomic E-state index is 10.9. The number of halogens is 1. The Morgan fingerprint density at radius 2 is 2.17 bits per heavy atom. The maximum absolute atomic E-state index is 10.9. The SMILES string of the molecule is C=C(Cl)C(=C)C(=O)OCC(C)O. The third-order valence-electron chi connectivity index (χ3n) is 1.03. The Kier molecular flexibility index (Phi) is 4.62. The van der Waals surface area contributed by atoms with E-state index in [1.807, 2.05) is 0 Å². The molecule has 0 aromatic carbocycles. The standard InChI is InChI=1S/C8H11ClO3/c1-5(10)4-12-8(11)6(2)7(3)9/h5,10H,2-4H2,1H3. The van der Waals surface area contributed by atoms with E-state index < -0.39 is 12.1 Å². The van der Waals surface area contributed by atoms with Gasteiger partial charge in [-0.05, 0) is 6.92 Å². The van der Waals surface area contributed by atoms with E-state index in [2.05, 4.69) is 17.9 Å². The molecule has 0 saturated carbocycles. The number of carbonyl (C=O) groups is 1. The lowest BCUT2D eigenvalue weighted by atomic mass is 10.3. The molecule has 0 aliphatic rings. The van der Waals surface area contributed by atoms with Crippen molar-refractivity contribution in [2.75, 3.05) is 6.61 Å². The second-order valence-electron chi connectivity index (χ2n) is 2.33. The summed E-state index contributed by atoms with van der Waals surface area (Å²) < 4.78 is 4.59. The van der Waals surface area contributed by atoms with Crippen LogP contribution in [0.2, 0.25) is 0 Å². The molecular weight excluding hydrogens is 180 g/mol. The molecule has 0 aliphatic heterocycles. The van der Waals surface area contributed by atoms with E-state index >= 15 is 0 Å².